The van der Waals surface area contributed by atoms with Gasteiger partial charge in [-0.1, -0.05) is 24.3 Å². The Morgan fingerprint density at radius 2 is 1.59 bits per heavy atom. The van der Waals surface area contributed by atoms with Gasteiger partial charge in [0, 0.05) is 28.0 Å². The zero-order valence-corrected chi connectivity index (χ0v) is 11.3. The minimum Gasteiger partial charge on any atom is -0.464 e. The molecule has 0 bridgehead atoms. The summed E-state index contributed by atoms with van der Waals surface area (Å²) in [6, 6.07) is 12.2. The van der Waals surface area contributed by atoms with Gasteiger partial charge in [0.2, 0.25) is 5.78 Å². The fourth-order valence-corrected chi connectivity index (χ4v) is 3.08. The van der Waals surface area contributed by atoms with Crippen LogP contribution in [0.15, 0.2) is 57.6 Å². The number of furan rings is 2. The van der Waals surface area contributed by atoms with E-state index in [0.29, 0.717) is 33.2 Å². The van der Waals surface area contributed by atoms with E-state index in [4.69, 9.17) is 8.83 Å². The van der Waals surface area contributed by atoms with Crippen molar-refractivity contribution in [1.29, 1.82) is 0 Å². The van der Waals surface area contributed by atoms with Crippen LogP contribution in [-0.2, 0) is 0 Å². The summed E-state index contributed by atoms with van der Waals surface area (Å²) in [7, 11) is 0. The Hall–Kier alpha value is -3.14. The Bertz CT molecular complexity index is 1110. The molecular formula is C18H8O4. The molecule has 0 aliphatic heterocycles. The van der Waals surface area contributed by atoms with Gasteiger partial charge in [0.1, 0.15) is 11.2 Å². The Balaban J connectivity index is 1.92. The van der Waals surface area contributed by atoms with Gasteiger partial charge in [-0.05, 0) is 12.1 Å². The van der Waals surface area contributed by atoms with Gasteiger partial charge in [-0.25, -0.2) is 0 Å². The zero-order chi connectivity index (χ0) is 14.8. The monoisotopic (exact) mass is 288 g/mol. The smallest absolute Gasteiger partial charge is 0.229 e. The van der Waals surface area contributed by atoms with Crippen LogP contribution in [0.3, 0.4) is 0 Å². The number of rotatable bonds is 0. The van der Waals surface area contributed by atoms with Crippen LogP contribution in [0, 0.1) is 0 Å². The Labute approximate surface area is 123 Å². The van der Waals surface area contributed by atoms with Crippen LogP contribution in [-0.4, -0.2) is 11.6 Å². The fraction of sp³-hybridized carbons (Fsp3) is 0. The summed E-state index contributed by atoms with van der Waals surface area (Å²) in [4.78, 5) is 25.4. The molecule has 2 heterocycles. The van der Waals surface area contributed by atoms with E-state index in [1.54, 1.807) is 36.6 Å². The third-order valence-corrected chi connectivity index (χ3v) is 4.11. The SMILES string of the molecule is O=C1c2ccccc2C(=O)c2c1oc1cc3occc3cc21. The van der Waals surface area contributed by atoms with Gasteiger partial charge in [0.25, 0.3) is 0 Å². The third-order valence-electron chi connectivity index (χ3n) is 4.11. The third kappa shape index (κ3) is 1.27. The van der Waals surface area contributed by atoms with E-state index >= 15 is 0 Å². The maximum absolute atomic E-state index is 12.8. The van der Waals surface area contributed by atoms with Crippen LogP contribution in [0.25, 0.3) is 21.9 Å². The zero-order valence-electron chi connectivity index (χ0n) is 11.3. The highest BCUT2D eigenvalue weighted by atomic mass is 16.4. The summed E-state index contributed by atoms with van der Waals surface area (Å²) in [5, 5.41) is 1.52. The van der Waals surface area contributed by atoms with E-state index in [0.717, 1.165) is 5.39 Å². The minimum atomic E-state index is -0.252. The average Bonchev–Trinajstić information content (AvgIpc) is 3.14. The van der Waals surface area contributed by atoms with Crippen molar-refractivity contribution in [1.82, 2.24) is 0 Å². The predicted molar refractivity (Wildman–Crippen MR) is 79.3 cm³/mol. The fourth-order valence-electron chi connectivity index (χ4n) is 3.08. The maximum Gasteiger partial charge on any atom is 0.229 e. The first-order chi connectivity index (χ1) is 10.7. The van der Waals surface area contributed by atoms with Gasteiger partial charge >= 0.3 is 0 Å². The van der Waals surface area contributed by atoms with E-state index < -0.39 is 0 Å². The highest BCUT2D eigenvalue weighted by Gasteiger charge is 2.34. The van der Waals surface area contributed by atoms with Crippen molar-refractivity contribution in [3.05, 3.63) is 71.2 Å². The molecule has 1 aliphatic carbocycles. The summed E-state index contributed by atoms with van der Waals surface area (Å²) in [6.45, 7) is 0. The maximum atomic E-state index is 12.8. The lowest BCUT2D eigenvalue weighted by Gasteiger charge is -2.12. The van der Waals surface area contributed by atoms with Gasteiger partial charge in [-0.15, -0.1) is 0 Å². The lowest BCUT2D eigenvalue weighted by molar-refractivity contribution is 0.0962. The number of ketones is 2. The van der Waals surface area contributed by atoms with Crippen LogP contribution in [0.1, 0.15) is 32.0 Å². The molecule has 4 nitrogen and oxygen atoms in total. The standard InChI is InChI=1S/C18H8O4/c19-16-10-3-1-2-4-11(10)17(20)18-15(16)12-7-9-5-6-21-13(9)8-14(12)22-18/h1-8H. The highest BCUT2D eigenvalue weighted by molar-refractivity contribution is 6.31. The van der Waals surface area contributed by atoms with Crippen LogP contribution in [0.5, 0.6) is 0 Å². The topological polar surface area (TPSA) is 60.4 Å². The Morgan fingerprint density at radius 3 is 2.41 bits per heavy atom. The number of hydrogen-bond donors (Lipinski definition) is 0. The van der Waals surface area contributed by atoms with E-state index in [9.17, 15) is 9.59 Å². The van der Waals surface area contributed by atoms with Crippen LogP contribution < -0.4 is 0 Å². The van der Waals surface area contributed by atoms with Crippen molar-refractivity contribution in [2.24, 2.45) is 0 Å². The summed E-state index contributed by atoms with van der Waals surface area (Å²) in [5.74, 6) is -0.309. The highest BCUT2D eigenvalue weighted by Crippen LogP contribution is 2.36. The Kier molecular flexibility index (Phi) is 1.96. The van der Waals surface area contributed by atoms with E-state index in [1.807, 2.05) is 12.1 Å². The van der Waals surface area contributed by atoms with Crippen molar-refractivity contribution in [2.75, 3.05) is 0 Å². The molecule has 0 spiro atoms. The molecule has 1 aliphatic rings. The van der Waals surface area contributed by atoms with Crippen LogP contribution in [0.2, 0.25) is 0 Å². The number of carbonyl (C=O) groups is 2. The second-order valence-electron chi connectivity index (χ2n) is 5.32. The second kappa shape index (κ2) is 3.74. The average molecular weight is 288 g/mol. The summed E-state index contributed by atoms with van der Waals surface area (Å²) in [6.07, 6.45) is 1.58. The minimum absolute atomic E-state index is 0.117. The van der Waals surface area contributed by atoms with Gasteiger partial charge in [-0.3, -0.25) is 9.59 Å². The van der Waals surface area contributed by atoms with Crippen molar-refractivity contribution in [2.45, 2.75) is 0 Å². The molecule has 104 valence electrons. The largest absolute Gasteiger partial charge is 0.464 e. The second-order valence-corrected chi connectivity index (χ2v) is 5.32. The lowest BCUT2D eigenvalue weighted by atomic mass is 9.87. The molecule has 0 saturated carbocycles. The van der Waals surface area contributed by atoms with Gasteiger partial charge in [0.05, 0.1) is 11.8 Å². The quantitative estimate of drug-likeness (QED) is 0.433. The van der Waals surface area contributed by atoms with Gasteiger partial charge < -0.3 is 8.83 Å². The van der Waals surface area contributed by atoms with Crippen molar-refractivity contribution in [3.8, 4) is 0 Å². The van der Waals surface area contributed by atoms with E-state index in [2.05, 4.69) is 0 Å². The number of carbonyl (C=O) groups excluding carboxylic acids is 2. The molecule has 0 unspecified atom stereocenters. The first kappa shape index (κ1) is 11.5. The lowest BCUT2D eigenvalue weighted by Crippen LogP contribution is -2.19. The summed E-state index contributed by atoms with van der Waals surface area (Å²) in [5.41, 5.74) is 2.32. The van der Waals surface area contributed by atoms with Crippen LogP contribution in [0.4, 0.5) is 0 Å². The Morgan fingerprint density at radius 1 is 0.818 bits per heavy atom. The van der Waals surface area contributed by atoms with Gasteiger partial charge in [-0.2, -0.15) is 0 Å². The van der Waals surface area contributed by atoms with Crippen molar-refractivity contribution in [3.63, 3.8) is 0 Å². The molecule has 0 saturated heterocycles. The molecule has 4 aromatic rings. The molecule has 0 N–H and O–H groups in total. The predicted octanol–water partition coefficient (Wildman–Crippen LogP) is 3.95. The first-order valence-corrected chi connectivity index (χ1v) is 6.86. The molecule has 0 atom stereocenters. The normalized spacial score (nSPS) is 13.6. The molecular weight excluding hydrogens is 280 g/mol. The molecule has 2 aromatic heterocycles. The molecule has 0 amide bonds. The number of hydrogen-bond acceptors (Lipinski definition) is 4. The number of benzene rings is 2. The van der Waals surface area contributed by atoms with E-state index in [-0.39, 0.29) is 17.3 Å². The molecule has 4 heteroatoms. The summed E-state index contributed by atoms with van der Waals surface area (Å²) >= 11 is 0. The number of fused-ring (bicyclic) bond motifs is 5. The molecule has 0 radical (unpaired) electrons. The van der Waals surface area contributed by atoms with E-state index in [1.165, 1.54) is 0 Å². The molecule has 0 fully saturated rings. The molecule has 22 heavy (non-hydrogen) atoms. The first-order valence-electron chi connectivity index (χ1n) is 6.86. The van der Waals surface area contributed by atoms with Gasteiger partial charge in [0.15, 0.2) is 11.5 Å². The van der Waals surface area contributed by atoms with Crippen LogP contribution >= 0.6 is 0 Å². The summed E-state index contributed by atoms with van der Waals surface area (Å²) < 4.78 is 11.0. The van der Waals surface area contributed by atoms with Crippen molar-refractivity contribution < 1.29 is 18.4 Å². The van der Waals surface area contributed by atoms with Crippen molar-refractivity contribution >= 4 is 33.5 Å². The molecule has 5 rings (SSSR count). The molecule has 2 aromatic carbocycles.